The van der Waals surface area contributed by atoms with E-state index in [1.165, 1.54) is 12.8 Å². The Morgan fingerprint density at radius 2 is 2.03 bits per heavy atom. The smallest absolute Gasteiger partial charge is 0.251 e. The number of hydrogen-bond donors (Lipinski definition) is 2. The van der Waals surface area contributed by atoms with Gasteiger partial charge in [0.2, 0.25) is 0 Å². The fourth-order valence-corrected chi connectivity index (χ4v) is 8.05. The summed E-state index contributed by atoms with van der Waals surface area (Å²) < 4.78 is 7.37. The first kappa shape index (κ1) is 20.7. The van der Waals surface area contributed by atoms with E-state index in [4.69, 9.17) is 4.74 Å². The van der Waals surface area contributed by atoms with Crippen LogP contribution >= 0.6 is 0 Å². The fraction of sp³-hybridized carbons (Fsp3) is 0.556. The third kappa shape index (κ3) is 2.54. The van der Waals surface area contributed by atoms with Crippen molar-refractivity contribution >= 4 is 5.91 Å². The molecule has 2 bridgehead atoms. The molecule has 1 aromatic heterocycles. The van der Waals surface area contributed by atoms with E-state index in [9.17, 15) is 15.0 Å². The Labute approximate surface area is 199 Å². The molecule has 3 aliphatic carbocycles. The van der Waals surface area contributed by atoms with Crippen molar-refractivity contribution in [1.82, 2.24) is 10.3 Å². The van der Waals surface area contributed by atoms with Gasteiger partial charge in [-0.1, -0.05) is 17.9 Å². The molecule has 1 spiro atoms. The number of pyridine rings is 1. The first-order valence-electron chi connectivity index (χ1n) is 12.6. The van der Waals surface area contributed by atoms with Gasteiger partial charge in [-0.25, -0.2) is 0 Å². The number of rotatable bonds is 4. The van der Waals surface area contributed by atoms with Crippen molar-refractivity contribution in [2.75, 3.05) is 20.1 Å². The van der Waals surface area contributed by atoms with Gasteiger partial charge in [-0.05, 0) is 43.4 Å². The number of carbonyl (C=O) groups excluding carboxylic acids is 1. The van der Waals surface area contributed by atoms with Gasteiger partial charge in [-0.15, -0.1) is 0 Å². The molecule has 1 aromatic carbocycles. The lowest BCUT2D eigenvalue weighted by molar-refractivity contribution is -0.950. The molecule has 178 valence electrons. The highest BCUT2D eigenvalue weighted by Gasteiger charge is 2.76. The molecule has 3 fully saturated rings. The highest BCUT2D eigenvalue weighted by atomic mass is 16.5. The fourth-order valence-electron chi connectivity index (χ4n) is 8.05. The van der Waals surface area contributed by atoms with E-state index in [0.717, 1.165) is 47.5 Å². The summed E-state index contributed by atoms with van der Waals surface area (Å²) in [4.78, 5) is 17.1. The van der Waals surface area contributed by atoms with Crippen LogP contribution in [0.5, 0.6) is 11.5 Å². The summed E-state index contributed by atoms with van der Waals surface area (Å²) in [6.07, 6.45) is 8.11. The number of hydrogen-bond acceptors (Lipinski definition) is 5. The van der Waals surface area contributed by atoms with E-state index in [0.29, 0.717) is 24.2 Å². The number of amides is 1. The molecule has 7 rings (SSSR count). The summed E-state index contributed by atoms with van der Waals surface area (Å²) in [5.41, 5.74) is 1.02. The summed E-state index contributed by atoms with van der Waals surface area (Å²) in [6, 6.07) is 6.78. The van der Waals surface area contributed by atoms with Crippen LogP contribution in [0.25, 0.3) is 0 Å². The molecule has 3 heterocycles. The zero-order chi connectivity index (χ0) is 23.3. The largest absolute Gasteiger partial charge is 0.870 e. The van der Waals surface area contributed by atoms with Crippen molar-refractivity contribution in [2.45, 2.75) is 67.7 Å². The van der Waals surface area contributed by atoms with Gasteiger partial charge in [0.1, 0.15) is 23.5 Å². The van der Waals surface area contributed by atoms with E-state index >= 15 is 0 Å². The molecule has 2 saturated carbocycles. The number of likely N-dealkylation sites (tertiary alicyclic amines) is 1. The third-order valence-electron chi connectivity index (χ3n) is 9.72. The van der Waals surface area contributed by atoms with Crippen LogP contribution in [0, 0.1) is 5.92 Å². The van der Waals surface area contributed by atoms with Crippen molar-refractivity contribution in [3.63, 3.8) is 0 Å². The van der Waals surface area contributed by atoms with Crippen LogP contribution in [0.2, 0.25) is 0 Å². The van der Waals surface area contributed by atoms with Gasteiger partial charge in [0.15, 0.2) is 0 Å². The van der Waals surface area contributed by atoms with Crippen molar-refractivity contribution in [1.29, 1.82) is 0 Å². The molecule has 0 radical (unpaired) electrons. The number of aromatic nitrogens is 1. The third-order valence-corrected chi connectivity index (χ3v) is 9.72. The maximum Gasteiger partial charge on any atom is 0.251 e. The molecule has 7 nitrogen and oxygen atoms in total. The average Bonchev–Trinajstić information content (AvgIpc) is 3.56. The maximum absolute atomic E-state index is 13.1. The number of piperidine rings is 1. The van der Waals surface area contributed by atoms with Crippen molar-refractivity contribution in [2.24, 2.45) is 5.92 Å². The topological polar surface area (TPSA) is 94.5 Å². The lowest BCUT2D eigenvalue weighted by Gasteiger charge is -2.65. The zero-order valence-corrected chi connectivity index (χ0v) is 19.5. The van der Waals surface area contributed by atoms with Gasteiger partial charge < -0.3 is 24.7 Å². The van der Waals surface area contributed by atoms with Crippen LogP contribution in [0.1, 0.15) is 53.6 Å². The molecule has 2 aliphatic heterocycles. The van der Waals surface area contributed by atoms with Crippen LogP contribution in [0.3, 0.4) is 0 Å². The maximum atomic E-state index is 13.1. The molecule has 2 aromatic rings. The minimum absolute atomic E-state index is 0.0701. The second kappa shape index (κ2) is 6.73. The summed E-state index contributed by atoms with van der Waals surface area (Å²) in [5.74, 6) is 0.871. The lowest BCUT2D eigenvalue weighted by Crippen LogP contribution is -2.82. The van der Waals surface area contributed by atoms with Crippen LogP contribution in [0.4, 0.5) is 0 Å². The number of carbonyl (C=O) groups is 1. The molecule has 34 heavy (non-hydrogen) atoms. The SMILES string of the molecule is C[N+]1(CC2CC2)CC[C@]23c4c5ccc([O-])c4O[C@H]2[C@H](NC(=O)c2ccncc2)CC[C@@]3(O)[C@H]1C5. The summed E-state index contributed by atoms with van der Waals surface area (Å²) in [6.45, 7) is 2.06. The molecule has 5 aliphatic rings. The van der Waals surface area contributed by atoms with Crippen LogP contribution in [-0.4, -0.2) is 64.4 Å². The molecule has 1 amide bonds. The Hall–Kier alpha value is -2.64. The second-order valence-electron chi connectivity index (χ2n) is 11.5. The first-order chi connectivity index (χ1) is 16.4. The summed E-state index contributed by atoms with van der Waals surface area (Å²) >= 11 is 0. The quantitative estimate of drug-likeness (QED) is 0.676. The molecular formula is C27H31N3O4. The van der Waals surface area contributed by atoms with E-state index in [1.807, 2.05) is 6.07 Å². The van der Waals surface area contributed by atoms with Crippen molar-refractivity contribution in [3.05, 3.63) is 53.3 Å². The number of benzene rings is 1. The van der Waals surface area contributed by atoms with Gasteiger partial charge in [0.05, 0.1) is 31.6 Å². The Balaban J connectivity index is 1.33. The molecule has 6 atom stereocenters. The van der Waals surface area contributed by atoms with Gasteiger partial charge >= 0.3 is 0 Å². The molecular weight excluding hydrogens is 430 g/mol. The van der Waals surface area contributed by atoms with Gasteiger partial charge in [0, 0.05) is 42.3 Å². The number of quaternary nitrogens is 1. The molecule has 1 unspecified atom stereocenters. The highest BCUT2D eigenvalue weighted by molar-refractivity contribution is 5.94. The van der Waals surface area contributed by atoms with Gasteiger partial charge in [-0.2, -0.15) is 0 Å². The summed E-state index contributed by atoms with van der Waals surface area (Å²) in [5, 5.41) is 28.7. The number of likely N-dealkylation sites (N-methyl/N-ethyl adjacent to an activating group) is 1. The Morgan fingerprint density at radius 3 is 2.79 bits per heavy atom. The predicted octanol–water partition coefficient (Wildman–Crippen LogP) is 1.66. The molecule has 1 saturated heterocycles. The van der Waals surface area contributed by atoms with Crippen LogP contribution in [0.15, 0.2) is 36.7 Å². The Kier molecular flexibility index (Phi) is 4.10. The normalized spacial score (nSPS) is 39.2. The number of aliphatic hydroxyl groups is 1. The van der Waals surface area contributed by atoms with Crippen LogP contribution in [-0.2, 0) is 11.8 Å². The first-order valence-corrected chi connectivity index (χ1v) is 12.6. The van der Waals surface area contributed by atoms with Crippen molar-refractivity contribution < 1.29 is 24.2 Å². The summed E-state index contributed by atoms with van der Waals surface area (Å²) in [7, 11) is 2.32. The van der Waals surface area contributed by atoms with E-state index in [2.05, 4.69) is 17.3 Å². The molecule has 2 N–H and O–H groups in total. The van der Waals surface area contributed by atoms with Crippen LogP contribution < -0.4 is 15.2 Å². The van der Waals surface area contributed by atoms with E-state index in [-0.39, 0.29) is 23.7 Å². The lowest BCUT2D eigenvalue weighted by atomic mass is 9.48. The number of ether oxygens (including phenoxy) is 1. The van der Waals surface area contributed by atoms with Gasteiger partial charge in [-0.3, -0.25) is 9.78 Å². The Morgan fingerprint density at radius 1 is 1.24 bits per heavy atom. The highest BCUT2D eigenvalue weighted by Crippen LogP contribution is 2.66. The number of nitrogens with one attached hydrogen (secondary N) is 1. The predicted molar refractivity (Wildman–Crippen MR) is 122 cm³/mol. The second-order valence-corrected chi connectivity index (χ2v) is 11.5. The van der Waals surface area contributed by atoms with Gasteiger partial charge in [0.25, 0.3) is 5.91 Å². The van der Waals surface area contributed by atoms with Crippen molar-refractivity contribution in [3.8, 4) is 11.5 Å². The average molecular weight is 462 g/mol. The molecule has 7 heteroatoms. The number of nitrogens with zero attached hydrogens (tertiary/aromatic N) is 2. The minimum Gasteiger partial charge on any atom is -0.870 e. The van der Waals surface area contributed by atoms with E-state index < -0.39 is 17.1 Å². The zero-order valence-electron chi connectivity index (χ0n) is 19.5. The standard InChI is InChI=1S/C27H31N3O4/c1-30(15-16-2-3-16)13-10-26-22-18-4-5-20(31)23(22)34-24(26)19(6-9-27(26,33)21(30)14-18)29-25(32)17-7-11-28-12-8-17/h4-5,7-8,11-12,16,19,21,24,33H,2-3,6,9-10,13-15H2,1H3,(H-,29,31,32)/t19-,21-,24+,26+,27-,30?/m1/s1. The Bertz CT molecular complexity index is 1180. The van der Waals surface area contributed by atoms with E-state index in [1.54, 1.807) is 30.6 Å². The monoisotopic (exact) mass is 461 g/mol. The minimum atomic E-state index is -0.955.